The number of amides is 4. The van der Waals surface area contributed by atoms with Gasteiger partial charge in [-0.2, -0.15) is 10.1 Å². The van der Waals surface area contributed by atoms with Gasteiger partial charge in [0.25, 0.3) is 17.7 Å². The first-order chi connectivity index (χ1) is 21.9. The zero-order valence-electron chi connectivity index (χ0n) is 24.2. The fraction of sp³-hybridized carbons (Fsp3) is 0.0882. The van der Waals surface area contributed by atoms with Crippen molar-refractivity contribution in [1.29, 1.82) is 0 Å². The minimum Gasteiger partial charge on any atom is -0.497 e. The molecule has 11 heteroatoms. The Morgan fingerprint density at radius 2 is 1.62 bits per heavy atom. The van der Waals surface area contributed by atoms with Gasteiger partial charge in [-0.05, 0) is 66.2 Å². The van der Waals surface area contributed by atoms with Crippen LogP contribution in [0.2, 0.25) is 0 Å². The first kappa shape index (κ1) is 30.8. The van der Waals surface area contributed by atoms with Crippen LogP contribution in [0.15, 0.2) is 125 Å². The summed E-state index contributed by atoms with van der Waals surface area (Å²) in [7, 11) is 1.55. The van der Waals surface area contributed by atoms with Gasteiger partial charge < -0.3 is 20.7 Å². The van der Waals surface area contributed by atoms with Crippen LogP contribution in [0, 0.1) is 0 Å². The number of benzene rings is 4. The van der Waals surface area contributed by atoms with E-state index in [0.29, 0.717) is 28.3 Å². The number of anilines is 2. The highest BCUT2D eigenvalue weighted by molar-refractivity contribution is 8.00. The van der Waals surface area contributed by atoms with Crippen LogP contribution in [-0.2, 0) is 14.4 Å². The molecule has 4 amide bonds. The molecule has 0 unspecified atom stereocenters. The highest BCUT2D eigenvalue weighted by Crippen LogP contribution is 2.23. The number of thioether (sulfide) groups is 1. The Morgan fingerprint density at radius 1 is 0.889 bits per heavy atom. The number of para-hydroxylation sites is 1. The fourth-order valence-electron chi connectivity index (χ4n) is 4.32. The number of hydrogen-bond donors (Lipinski definition) is 3. The quantitative estimate of drug-likeness (QED) is 0.168. The number of nitrogens with zero attached hydrogens (tertiary/aromatic N) is 2. The number of methoxy groups -OCH3 is 1. The van der Waals surface area contributed by atoms with E-state index in [9.17, 15) is 19.2 Å². The van der Waals surface area contributed by atoms with Gasteiger partial charge in [-0.25, -0.2) is 0 Å². The third kappa shape index (κ3) is 8.46. The van der Waals surface area contributed by atoms with Crippen molar-refractivity contribution >= 4 is 58.7 Å². The molecule has 0 radical (unpaired) electrons. The number of hydrogen-bond acceptors (Lipinski definition) is 7. The summed E-state index contributed by atoms with van der Waals surface area (Å²) in [5.74, 6) is -0.570. The minimum absolute atomic E-state index is 0.000752. The molecule has 0 saturated heterocycles. The molecular weight excluding hydrogens is 590 g/mol. The maximum absolute atomic E-state index is 13.4. The summed E-state index contributed by atoms with van der Waals surface area (Å²) in [6.45, 7) is 0. The zero-order valence-corrected chi connectivity index (χ0v) is 25.0. The maximum Gasteiger partial charge on any atom is 0.272 e. The van der Waals surface area contributed by atoms with Crippen LogP contribution in [0.3, 0.4) is 0 Å². The number of hydrazone groups is 1. The number of amidine groups is 1. The van der Waals surface area contributed by atoms with Crippen LogP contribution in [0.25, 0.3) is 6.08 Å². The molecule has 1 heterocycles. The Hall–Kier alpha value is -5.68. The number of carbonyl (C=O) groups is 4. The van der Waals surface area contributed by atoms with E-state index in [1.165, 1.54) is 16.8 Å². The summed E-state index contributed by atoms with van der Waals surface area (Å²) in [6, 6.07) is 31.7. The number of rotatable bonds is 10. The van der Waals surface area contributed by atoms with E-state index in [1.807, 2.05) is 12.1 Å². The molecule has 4 aromatic rings. The van der Waals surface area contributed by atoms with E-state index in [0.717, 1.165) is 4.90 Å². The normalized spacial score (nSPS) is 12.7. The Kier molecular flexibility index (Phi) is 10.0. The van der Waals surface area contributed by atoms with E-state index in [4.69, 9.17) is 4.74 Å². The molecular formula is C34H29N5O5S. The zero-order chi connectivity index (χ0) is 31.6. The van der Waals surface area contributed by atoms with Gasteiger partial charge in [0.1, 0.15) is 17.3 Å². The summed E-state index contributed by atoms with van der Waals surface area (Å²) in [5.41, 5.74) is 2.19. The van der Waals surface area contributed by atoms with E-state index >= 15 is 0 Å². The van der Waals surface area contributed by atoms with Gasteiger partial charge >= 0.3 is 0 Å². The van der Waals surface area contributed by atoms with Crippen molar-refractivity contribution < 1.29 is 23.9 Å². The topological polar surface area (TPSA) is 129 Å². The molecule has 0 fully saturated rings. The predicted octanol–water partition coefficient (Wildman–Crippen LogP) is 5.06. The summed E-state index contributed by atoms with van der Waals surface area (Å²) in [5, 5.41) is 13.8. The van der Waals surface area contributed by atoms with Crippen molar-refractivity contribution in [1.82, 2.24) is 10.6 Å². The largest absolute Gasteiger partial charge is 0.497 e. The summed E-state index contributed by atoms with van der Waals surface area (Å²) in [4.78, 5) is 52.1. The molecule has 1 aliphatic rings. The van der Waals surface area contributed by atoms with E-state index in [2.05, 4.69) is 21.1 Å². The molecule has 0 aliphatic carbocycles. The van der Waals surface area contributed by atoms with Gasteiger partial charge in [-0.3, -0.25) is 19.2 Å². The molecule has 0 bridgehead atoms. The lowest BCUT2D eigenvalue weighted by atomic mass is 10.1. The van der Waals surface area contributed by atoms with Gasteiger partial charge in [0.2, 0.25) is 5.91 Å². The number of nitrogens with one attached hydrogen (secondary N) is 3. The lowest BCUT2D eigenvalue weighted by molar-refractivity contribution is -0.117. The van der Waals surface area contributed by atoms with Crippen molar-refractivity contribution in [3.8, 4) is 5.75 Å². The molecule has 1 aliphatic heterocycles. The van der Waals surface area contributed by atoms with Gasteiger partial charge in [0.05, 0.1) is 25.0 Å². The molecule has 0 spiro atoms. The average molecular weight is 620 g/mol. The SMILES string of the molecule is COc1cccc(/C=C(\NC(=O)c2ccccc2)C(=O)Nc2cccc(SCC(=O)NC3=NN(c4ccccc4)C(=O)C3)c2)c1. The van der Waals surface area contributed by atoms with Crippen molar-refractivity contribution in [2.45, 2.75) is 11.3 Å². The highest BCUT2D eigenvalue weighted by atomic mass is 32.2. The lowest BCUT2D eigenvalue weighted by Crippen LogP contribution is -2.31. The molecule has 3 N–H and O–H groups in total. The van der Waals surface area contributed by atoms with Crippen LogP contribution < -0.4 is 25.7 Å². The van der Waals surface area contributed by atoms with Crippen molar-refractivity contribution in [2.24, 2.45) is 5.10 Å². The predicted molar refractivity (Wildman–Crippen MR) is 175 cm³/mol. The second kappa shape index (κ2) is 14.7. The van der Waals surface area contributed by atoms with Gasteiger partial charge in [-0.1, -0.05) is 54.6 Å². The lowest BCUT2D eigenvalue weighted by Gasteiger charge is -2.12. The summed E-state index contributed by atoms with van der Waals surface area (Å²) < 4.78 is 5.29. The third-order valence-electron chi connectivity index (χ3n) is 6.46. The molecule has 0 atom stereocenters. The Bertz CT molecular complexity index is 1780. The second-order valence-corrected chi connectivity index (χ2v) is 10.8. The highest BCUT2D eigenvalue weighted by Gasteiger charge is 2.26. The molecule has 4 aromatic carbocycles. The van der Waals surface area contributed by atoms with Crippen LogP contribution in [0.5, 0.6) is 5.75 Å². The molecule has 226 valence electrons. The smallest absolute Gasteiger partial charge is 0.272 e. The monoisotopic (exact) mass is 619 g/mol. The first-order valence-electron chi connectivity index (χ1n) is 13.9. The number of ether oxygens (including phenoxy) is 1. The molecule has 0 saturated carbocycles. The summed E-state index contributed by atoms with van der Waals surface area (Å²) >= 11 is 1.26. The maximum atomic E-state index is 13.4. The van der Waals surface area contributed by atoms with Crippen LogP contribution in [0.4, 0.5) is 11.4 Å². The van der Waals surface area contributed by atoms with Crippen LogP contribution >= 0.6 is 11.8 Å². The van der Waals surface area contributed by atoms with Crippen LogP contribution in [0.1, 0.15) is 22.3 Å². The van der Waals surface area contributed by atoms with E-state index < -0.39 is 11.8 Å². The Balaban J connectivity index is 1.23. The minimum atomic E-state index is -0.533. The third-order valence-corrected chi connectivity index (χ3v) is 7.45. The van der Waals surface area contributed by atoms with Gasteiger partial charge in [0, 0.05) is 16.1 Å². The van der Waals surface area contributed by atoms with Crippen molar-refractivity contribution in [3.05, 3.63) is 126 Å². The van der Waals surface area contributed by atoms with Gasteiger partial charge in [-0.15, -0.1) is 11.8 Å². The second-order valence-electron chi connectivity index (χ2n) is 9.74. The Labute approximate surface area is 264 Å². The standard InChI is InChI=1S/C34H29N5O5S/c1-44-27-16-8-10-23(18-27)19-29(36-33(42)24-11-4-2-5-12-24)34(43)35-25-13-9-17-28(20-25)45-22-31(40)37-30-21-32(41)39(38-30)26-14-6-3-7-15-26/h2-20H,21-22H2,1H3,(H,35,43)(H,36,42)(H,37,38,40)/b29-19-. The van der Waals surface area contributed by atoms with Crippen molar-refractivity contribution in [2.75, 3.05) is 23.2 Å². The van der Waals surface area contributed by atoms with Crippen molar-refractivity contribution in [3.63, 3.8) is 0 Å². The fourth-order valence-corrected chi connectivity index (χ4v) is 5.07. The Morgan fingerprint density at radius 3 is 2.38 bits per heavy atom. The average Bonchev–Trinajstić information content (AvgIpc) is 3.43. The molecule has 0 aromatic heterocycles. The van der Waals surface area contributed by atoms with E-state index in [1.54, 1.807) is 110 Å². The summed E-state index contributed by atoms with van der Waals surface area (Å²) in [6.07, 6.45) is 1.57. The van der Waals surface area contributed by atoms with Gasteiger partial charge in [0.15, 0.2) is 0 Å². The first-order valence-corrected chi connectivity index (χ1v) is 14.9. The molecule has 45 heavy (non-hydrogen) atoms. The van der Waals surface area contributed by atoms with E-state index in [-0.39, 0.29) is 35.5 Å². The molecule has 5 rings (SSSR count). The van der Waals surface area contributed by atoms with Crippen LogP contribution in [-0.4, -0.2) is 42.3 Å². The molecule has 10 nitrogen and oxygen atoms in total. The number of carbonyl (C=O) groups excluding carboxylic acids is 4.